The average Bonchev–Trinajstić information content (AvgIpc) is 2.75. The highest BCUT2D eigenvalue weighted by atomic mass is 35.5. The lowest BCUT2D eigenvalue weighted by atomic mass is 9.95. The van der Waals surface area contributed by atoms with Crippen LogP contribution >= 0.6 is 12.4 Å². The zero-order valence-electron chi connectivity index (χ0n) is 11.6. The summed E-state index contributed by atoms with van der Waals surface area (Å²) in [6.07, 6.45) is 3.17. The molecule has 1 fully saturated rings. The first kappa shape index (κ1) is 16.0. The number of carbonyl (C=O) groups is 1. The Bertz CT molecular complexity index is 428. The van der Waals surface area contributed by atoms with Crippen molar-refractivity contribution in [3.05, 3.63) is 29.3 Å². The maximum atomic E-state index is 12.2. The molecule has 2 rings (SSSR count). The van der Waals surface area contributed by atoms with Crippen molar-refractivity contribution < 1.29 is 4.79 Å². The van der Waals surface area contributed by atoms with Crippen molar-refractivity contribution in [2.24, 2.45) is 17.6 Å². The second-order valence-electron chi connectivity index (χ2n) is 5.40. The minimum absolute atomic E-state index is 0. The summed E-state index contributed by atoms with van der Waals surface area (Å²) < 4.78 is 0. The Balaban J connectivity index is 0.00000180. The van der Waals surface area contributed by atoms with Gasteiger partial charge in [-0.1, -0.05) is 12.5 Å². The number of nitrogens with two attached hydrogens (primary N) is 1. The molecule has 19 heavy (non-hydrogen) atoms. The molecule has 0 unspecified atom stereocenters. The smallest absolute Gasteiger partial charge is 0.227 e. The fraction of sp³-hybridized carbons (Fsp3) is 0.533. The van der Waals surface area contributed by atoms with Crippen LogP contribution in [0.15, 0.2) is 18.2 Å². The van der Waals surface area contributed by atoms with Gasteiger partial charge in [0.25, 0.3) is 0 Å². The number of carbonyl (C=O) groups excluding carboxylic acids is 1. The first-order chi connectivity index (χ1) is 8.60. The number of nitrogens with one attached hydrogen (secondary N) is 1. The van der Waals surface area contributed by atoms with E-state index in [4.69, 9.17) is 5.73 Å². The predicted octanol–water partition coefficient (Wildman–Crippen LogP) is 3.04. The van der Waals surface area contributed by atoms with Crippen LogP contribution in [0.25, 0.3) is 0 Å². The standard InChI is InChI=1S/C15H22N2O.ClH/c1-10-6-11(2)8-13(7-10)17-15(18)14-5-3-4-12(14)9-16;/h6-8,12,14H,3-5,9,16H2,1-2H3,(H,17,18);1H/t12-,14-;/m1./s1. The molecule has 4 heteroatoms. The van der Waals surface area contributed by atoms with Gasteiger partial charge < -0.3 is 11.1 Å². The van der Waals surface area contributed by atoms with E-state index in [0.29, 0.717) is 12.5 Å². The van der Waals surface area contributed by atoms with E-state index in [-0.39, 0.29) is 24.2 Å². The fourth-order valence-electron chi connectivity index (χ4n) is 2.95. The largest absolute Gasteiger partial charge is 0.330 e. The molecule has 106 valence electrons. The van der Waals surface area contributed by atoms with Crippen molar-refractivity contribution in [1.82, 2.24) is 0 Å². The van der Waals surface area contributed by atoms with E-state index in [1.54, 1.807) is 0 Å². The zero-order chi connectivity index (χ0) is 13.1. The highest BCUT2D eigenvalue weighted by Gasteiger charge is 2.31. The Morgan fingerprint density at radius 1 is 1.26 bits per heavy atom. The zero-order valence-corrected chi connectivity index (χ0v) is 12.4. The van der Waals surface area contributed by atoms with Gasteiger partial charge in [-0.3, -0.25) is 4.79 Å². The van der Waals surface area contributed by atoms with Crippen LogP contribution in [0.2, 0.25) is 0 Å². The molecule has 0 saturated heterocycles. The topological polar surface area (TPSA) is 55.1 Å². The molecule has 1 aromatic rings. The van der Waals surface area contributed by atoms with Crippen LogP contribution in [-0.4, -0.2) is 12.5 Å². The number of hydrogen-bond acceptors (Lipinski definition) is 2. The number of anilines is 1. The summed E-state index contributed by atoms with van der Waals surface area (Å²) in [7, 11) is 0. The maximum Gasteiger partial charge on any atom is 0.227 e. The Labute approximate surface area is 121 Å². The summed E-state index contributed by atoms with van der Waals surface area (Å²) in [5.41, 5.74) is 8.97. The number of hydrogen-bond donors (Lipinski definition) is 2. The third-order valence-electron chi connectivity index (χ3n) is 3.79. The van der Waals surface area contributed by atoms with Gasteiger partial charge in [-0.05, 0) is 62.4 Å². The normalized spacial score (nSPS) is 21.8. The van der Waals surface area contributed by atoms with Crippen LogP contribution in [0.1, 0.15) is 30.4 Å². The quantitative estimate of drug-likeness (QED) is 0.895. The third kappa shape index (κ3) is 3.95. The molecule has 3 N–H and O–H groups in total. The molecule has 1 aromatic carbocycles. The minimum atomic E-state index is 0. The van der Waals surface area contributed by atoms with Gasteiger partial charge in [0.1, 0.15) is 0 Å². The third-order valence-corrected chi connectivity index (χ3v) is 3.79. The van der Waals surface area contributed by atoms with Crippen LogP contribution in [0.4, 0.5) is 5.69 Å². The molecule has 0 radical (unpaired) electrons. The van der Waals surface area contributed by atoms with Gasteiger partial charge >= 0.3 is 0 Å². The van der Waals surface area contributed by atoms with Crippen molar-refractivity contribution >= 4 is 24.0 Å². The van der Waals surface area contributed by atoms with Crippen LogP contribution in [0, 0.1) is 25.7 Å². The summed E-state index contributed by atoms with van der Waals surface area (Å²) in [4.78, 5) is 12.2. The van der Waals surface area contributed by atoms with Gasteiger partial charge in [-0.25, -0.2) is 0 Å². The van der Waals surface area contributed by atoms with E-state index in [2.05, 4.69) is 11.4 Å². The van der Waals surface area contributed by atoms with E-state index < -0.39 is 0 Å². The number of benzene rings is 1. The van der Waals surface area contributed by atoms with Crippen molar-refractivity contribution in [3.8, 4) is 0 Å². The van der Waals surface area contributed by atoms with Crippen LogP contribution in [0.5, 0.6) is 0 Å². The lowest BCUT2D eigenvalue weighted by Gasteiger charge is -2.17. The Morgan fingerprint density at radius 3 is 2.47 bits per heavy atom. The van der Waals surface area contributed by atoms with E-state index >= 15 is 0 Å². The van der Waals surface area contributed by atoms with Crippen molar-refractivity contribution in [2.75, 3.05) is 11.9 Å². The summed E-state index contributed by atoms with van der Waals surface area (Å²) in [6.45, 7) is 4.70. The van der Waals surface area contributed by atoms with E-state index in [0.717, 1.165) is 24.9 Å². The number of halogens is 1. The maximum absolute atomic E-state index is 12.2. The summed E-state index contributed by atoms with van der Waals surface area (Å²) in [6, 6.07) is 6.13. The van der Waals surface area contributed by atoms with Crippen LogP contribution < -0.4 is 11.1 Å². The lowest BCUT2D eigenvalue weighted by Crippen LogP contribution is -2.29. The van der Waals surface area contributed by atoms with Gasteiger partial charge in [0, 0.05) is 11.6 Å². The lowest BCUT2D eigenvalue weighted by molar-refractivity contribution is -0.120. The molecule has 1 amide bonds. The van der Waals surface area contributed by atoms with Gasteiger partial charge in [-0.2, -0.15) is 0 Å². The SMILES string of the molecule is Cc1cc(C)cc(NC(=O)[C@@H]2CCC[C@@H]2CN)c1.Cl. The van der Waals surface area contributed by atoms with Crippen LogP contribution in [-0.2, 0) is 4.79 Å². The second-order valence-corrected chi connectivity index (χ2v) is 5.40. The number of amides is 1. The van der Waals surface area contributed by atoms with E-state index in [1.807, 2.05) is 26.0 Å². The molecule has 1 saturated carbocycles. The second kappa shape index (κ2) is 6.92. The summed E-state index contributed by atoms with van der Waals surface area (Å²) >= 11 is 0. The first-order valence-corrected chi connectivity index (χ1v) is 6.69. The van der Waals surface area contributed by atoms with Gasteiger partial charge in [-0.15, -0.1) is 12.4 Å². The number of rotatable bonds is 3. The monoisotopic (exact) mass is 282 g/mol. The molecule has 3 nitrogen and oxygen atoms in total. The fourth-order valence-corrected chi connectivity index (χ4v) is 2.95. The molecule has 1 aliphatic carbocycles. The Morgan fingerprint density at radius 2 is 1.89 bits per heavy atom. The highest BCUT2D eigenvalue weighted by Crippen LogP contribution is 2.32. The molecule has 0 bridgehead atoms. The molecular formula is C15H23ClN2O. The molecule has 0 heterocycles. The average molecular weight is 283 g/mol. The predicted molar refractivity (Wildman–Crippen MR) is 81.7 cm³/mol. The molecular weight excluding hydrogens is 260 g/mol. The van der Waals surface area contributed by atoms with Gasteiger partial charge in [0.05, 0.1) is 0 Å². The molecule has 2 atom stereocenters. The molecule has 0 aliphatic heterocycles. The Kier molecular flexibility index (Phi) is 5.83. The highest BCUT2D eigenvalue weighted by molar-refractivity contribution is 5.93. The van der Waals surface area contributed by atoms with Crippen molar-refractivity contribution in [1.29, 1.82) is 0 Å². The summed E-state index contributed by atoms with van der Waals surface area (Å²) in [5, 5.41) is 3.04. The van der Waals surface area contributed by atoms with Gasteiger partial charge in [0.15, 0.2) is 0 Å². The van der Waals surface area contributed by atoms with Gasteiger partial charge in [0.2, 0.25) is 5.91 Å². The molecule has 0 spiro atoms. The first-order valence-electron chi connectivity index (χ1n) is 6.69. The van der Waals surface area contributed by atoms with E-state index in [9.17, 15) is 4.79 Å². The van der Waals surface area contributed by atoms with Crippen molar-refractivity contribution in [3.63, 3.8) is 0 Å². The van der Waals surface area contributed by atoms with Crippen molar-refractivity contribution in [2.45, 2.75) is 33.1 Å². The Hall–Kier alpha value is -1.06. The van der Waals surface area contributed by atoms with Crippen LogP contribution in [0.3, 0.4) is 0 Å². The van der Waals surface area contributed by atoms with E-state index in [1.165, 1.54) is 11.1 Å². The summed E-state index contributed by atoms with van der Waals surface area (Å²) in [5.74, 6) is 0.583. The molecule has 1 aliphatic rings. The minimum Gasteiger partial charge on any atom is -0.330 e. The number of aryl methyl sites for hydroxylation is 2. The molecule has 0 aromatic heterocycles.